The van der Waals surface area contributed by atoms with Crippen molar-refractivity contribution >= 4 is 12.0 Å². The molecule has 0 aromatic carbocycles. The van der Waals surface area contributed by atoms with Gasteiger partial charge in [-0.2, -0.15) is 0 Å². The van der Waals surface area contributed by atoms with Crippen molar-refractivity contribution in [1.82, 2.24) is 10.2 Å². The molecule has 6 nitrogen and oxygen atoms in total. The molecule has 98 valence electrons. The minimum Gasteiger partial charge on any atom is -0.480 e. The molecule has 1 heterocycles. The number of carboxylic acid groups (broad SMARTS) is 1. The monoisotopic (exact) mass is 244 g/mol. The second-order valence-electron chi connectivity index (χ2n) is 5.19. The number of hydrogen-bond acceptors (Lipinski definition) is 3. The molecule has 1 atom stereocenters. The van der Waals surface area contributed by atoms with Crippen LogP contribution in [-0.4, -0.2) is 54.4 Å². The Morgan fingerprint density at radius 2 is 1.82 bits per heavy atom. The zero-order chi connectivity index (χ0) is 13.1. The third kappa shape index (κ3) is 3.89. The van der Waals surface area contributed by atoms with Gasteiger partial charge in [0, 0.05) is 13.1 Å². The Morgan fingerprint density at radius 1 is 1.29 bits per heavy atom. The Bertz CT molecular complexity index is 292. The molecule has 17 heavy (non-hydrogen) atoms. The van der Waals surface area contributed by atoms with Gasteiger partial charge in [0.15, 0.2) is 0 Å². The topological polar surface area (TPSA) is 78.9 Å². The molecule has 1 saturated heterocycles. The van der Waals surface area contributed by atoms with Crippen molar-refractivity contribution < 1.29 is 19.4 Å². The van der Waals surface area contributed by atoms with Gasteiger partial charge in [-0.3, -0.25) is 0 Å². The van der Waals surface area contributed by atoms with E-state index in [2.05, 4.69) is 5.32 Å². The van der Waals surface area contributed by atoms with E-state index in [0.717, 1.165) is 0 Å². The number of amides is 2. The van der Waals surface area contributed by atoms with Gasteiger partial charge < -0.3 is 20.1 Å². The smallest absolute Gasteiger partial charge is 0.326 e. The first-order valence-corrected chi connectivity index (χ1v) is 5.68. The first-order chi connectivity index (χ1) is 7.82. The first kappa shape index (κ1) is 13.8. The summed E-state index contributed by atoms with van der Waals surface area (Å²) in [6.07, 6.45) is 0. The van der Waals surface area contributed by atoms with E-state index in [4.69, 9.17) is 9.84 Å². The van der Waals surface area contributed by atoms with E-state index >= 15 is 0 Å². The van der Waals surface area contributed by atoms with Crippen LogP contribution >= 0.6 is 0 Å². The molecule has 1 fully saturated rings. The fourth-order valence-electron chi connectivity index (χ4n) is 1.63. The Hall–Kier alpha value is -1.30. The fourth-order valence-corrected chi connectivity index (χ4v) is 1.63. The van der Waals surface area contributed by atoms with Gasteiger partial charge in [-0.25, -0.2) is 9.59 Å². The summed E-state index contributed by atoms with van der Waals surface area (Å²) in [4.78, 5) is 24.5. The lowest BCUT2D eigenvalue weighted by Crippen LogP contribution is -2.55. The Balaban J connectivity index is 2.60. The van der Waals surface area contributed by atoms with E-state index in [-0.39, 0.29) is 6.03 Å². The summed E-state index contributed by atoms with van der Waals surface area (Å²) in [5.41, 5.74) is -0.520. The summed E-state index contributed by atoms with van der Waals surface area (Å²) < 4.78 is 5.13. The van der Waals surface area contributed by atoms with Crippen molar-refractivity contribution in [2.24, 2.45) is 5.41 Å². The van der Waals surface area contributed by atoms with E-state index in [1.54, 1.807) is 25.7 Å². The van der Waals surface area contributed by atoms with E-state index in [9.17, 15) is 9.59 Å². The Kier molecular flexibility index (Phi) is 4.34. The molecule has 0 unspecified atom stereocenters. The van der Waals surface area contributed by atoms with Gasteiger partial charge in [-0.05, 0) is 5.41 Å². The predicted octanol–water partition coefficient (Wildman–Crippen LogP) is 0.527. The maximum Gasteiger partial charge on any atom is 0.326 e. The largest absolute Gasteiger partial charge is 0.480 e. The number of carboxylic acids is 1. The highest BCUT2D eigenvalue weighted by Crippen LogP contribution is 2.19. The molecular formula is C11H20N2O4. The normalized spacial score (nSPS) is 18.6. The van der Waals surface area contributed by atoms with Crippen molar-refractivity contribution in [3.63, 3.8) is 0 Å². The average Bonchev–Trinajstić information content (AvgIpc) is 2.24. The Labute approximate surface area is 101 Å². The molecule has 0 saturated carbocycles. The number of rotatable bonds is 2. The lowest BCUT2D eigenvalue weighted by molar-refractivity contribution is -0.142. The summed E-state index contributed by atoms with van der Waals surface area (Å²) in [6.45, 7) is 7.36. The van der Waals surface area contributed by atoms with Crippen LogP contribution in [-0.2, 0) is 9.53 Å². The van der Waals surface area contributed by atoms with Crippen LogP contribution in [0.1, 0.15) is 20.8 Å². The van der Waals surface area contributed by atoms with Crippen molar-refractivity contribution in [2.75, 3.05) is 26.3 Å². The molecule has 2 amide bonds. The van der Waals surface area contributed by atoms with Crippen LogP contribution in [0.5, 0.6) is 0 Å². The lowest BCUT2D eigenvalue weighted by atomic mass is 9.87. The van der Waals surface area contributed by atoms with Crippen LogP contribution < -0.4 is 5.32 Å². The third-order valence-corrected chi connectivity index (χ3v) is 2.68. The second kappa shape index (κ2) is 5.35. The minimum atomic E-state index is -1.01. The van der Waals surface area contributed by atoms with E-state index < -0.39 is 17.4 Å². The minimum absolute atomic E-state index is 0.337. The highest BCUT2D eigenvalue weighted by Gasteiger charge is 2.33. The standard InChI is InChI=1S/C11H20N2O4/c1-11(2,3)8(9(14)15)12-10(16)13-4-6-17-7-5-13/h8H,4-7H2,1-3H3,(H,12,16)(H,14,15)/t8-/m1/s1. The number of ether oxygens (including phenoxy) is 1. The van der Waals surface area contributed by atoms with E-state index in [1.165, 1.54) is 0 Å². The molecule has 1 rings (SSSR count). The first-order valence-electron chi connectivity index (χ1n) is 5.68. The van der Waals surface area contributed by atoms with Crippen molar-refractivity contribution in [2.45, 2.75) is 26.8 Å². The summed E-state index contributed by atoms with van der Waals surface area (Å²) >= 11 is 0. The Morgan fingerprint density at radius 3 is 2.24 bits per heavy atom. The van der Waals surface area contributed by atoms with Gasteiger partial charge in [-0.15, -0.1) is 0 Å². The molecule has 1 aliphatic heterocycles. The highest BCUT2D eigenvalue weighted by molar-refractivity contribution is 5.83. The maximum absolute atomic E-state index is 11.9. The van der Waals surface area contributed by atoms with Crippen LogP contribution in [0, 0.1) is 5.41 Å². The highest BCUT2D eigenvalue weighted by atomic mass is 16.5. The van der Waals surface area contributed by atoms with Gasteiger partial charge >= 0.3 is 12.0 Å². The summed E-state index contributed by atoms with van der Waals surface area (Å²) in [5, 5.41) is 11.7. The molecule has 2 N–H and O–H groups in total. The second-order valence-corrected chi connectivity index (χ2v) is 5.19. The van der Waals surface area contributed by atoms with E-state index in [0.29, 0.717) is 26.3 Å². The number of nitrogens with one attached hydrogen (secondary N) is 1. The number of morpholine rings is 1. The number of hydrogen-bond donors (Lipinski definition) is 2. The van der Waals surface area contributed by atoms with Gasteiger partial charge in [0.25, 0.3) is 0 Å². The van der Waals surface area contributed by atoms with Gasteiger partial charge in [0.05, 0.1) is 13.2 Å². The molecule has 0 aromatic heterocycles. The van der Waals surface area contributed by atoms with E-state index in [1.807, 2.05) is 0 Å². The molecule has 0 spiro atoms. The summed E-state index contributed by atoms with van der Waals surface area (Å²) in [5.74, 6) is -1.01. The van der Waals surface area contributed by atoms with Gasteiger partial charge in [0.1, 0.15) is 6.04 Å². The lowest BCUT2D eigenvalue weighted by Gasteiger charge is -2.32. The van der Waals surface area contributed by atoms with Crippen LogP contribution in [0.3, 0.4) is 0 Å². The van der Waals surface area contributed by atoms with Crippen LogP contribution in [0.2, 0.25) is 0 Å². The SMILES string of the molecule is CC(C)(C)[C@H](NC(=O)N1CCOCC1)C(=O)O. The summed E-state index contributed by atoms with van der Waals surface area (Å²) in [7, 11) is 0. The molecule has 1 aliphatic rings. The number of aliphatic carboxylic acids is 1. The fraction of sp³-hybridized carbons (Fsp3) is 0.818. The van der Waals surface area contributed by atoms with Crippen molar-refractivity contribution in [1.29, 1.82) is 0 Å². The zero-order valence-corrected chi connectivity index (χ0v) is 10.5. The maximum atomic E-state index is 11.9. The number of carbonyl (C=O) groups is 2. The molecular weight excluding hydrogens is 224 g/mol. The molecule has 0 radical (unpaired) electrons. The van der Waals surface area contributed by atoms with Crippen LogP contribution in [0.4, 0.5) is 4.79 Å². The average molecular weight is 244 g/mol. The molecule has 6 heteroatoms. The van der Waals surface area contributed by atoms with Crippen LogP contribution in [0.15, 0.2) is 0 Å². The molecule has 0 aliphatic carbocycles. The summed E-state index contributed by atoms with van der Waals surface area (Å²) in [6, 6.07) is -1.23. The molecule has 0 bridgehead atoms. The van der Waals surface area contributed by atoms with Crippen molar-refractivity contribution in [3.8, 4) is 0 Å². The predicted molar refractivity (Wildman–Crippen MR) is 61.8 cm³/mol. The number of urea groups is 1. The quantitative estimate of drug-likeness (QED) is 0.742. The van der Waals surface area contributed by atoms with Crippen molar-refractivity contribution in [3.05, 3.63) is 0 Å². The zero-order valence-electron chi connectivity index (χ0n) is 10.5. The molecule has 0 aromatic rings. The number of carbonyl (C=O) groups excluding carboxylic acids is 1. The van der Waals surface area contributed by atoms with Gasteiger partial charge in [-0.1, -0.05) is 20.8 Å². The van der Waals surface area contributed by atoms with Gasteiger partial charge in [0.2, 0.25) is 0 Å². The third-order valence-electron chi connectivity index (χ3n) is 2.68. The number of nitrogens with zero attached hydrogens (tertiary/aromatic N) is 1. The van der Waals surface area contributed by atoms with Crippen LogP contribution in [0.25, 0.3) is 0 Å².